The topological polar surface area (TPSA) is 164 Å². The third-order valence-corrected chi connectivity index (χ3v) is 5.85. The number of hydrogen-bond acceptors (Lipinski definition) is 10. The summed E-state index contributed by atoms with van der Waals surface area (Å²) >= 11 is 3.86. The highest BCUT2D eigenvalue weighted by Gasteiger charge is 2.30. The summed E-state index contributed by atoms with van der Waals surface area (Å²) in [7, 11) is 1.87. The maximum atomic E-state index is 15.5. The first-order valence-corrected chi connectivity index (χ1v) is 12.0. The van der Waals surface area contributed by atoms with E-state index < -0.39 is 52.7 Å². The van der Waals surface area contributed by atoms with E-state index in [0.29, 0.717) is 17.9 Å². The van der Waals surface area contributed by atoms with Crippen LogP contribution in [0.25, 0.3) is 0 Å². The predicted octanol–water partition coefficient (Wildman–Crippen LogP) is 3.39. The Morgan fingerprint density at radius 1 is 1.21 bits per heavy atom. The molecule has 2 heterocycles. The molecule has 1 aliphatic heterocycles. The van der Waals surface area contributed by atoms with Gasteiger partial charge in [0.2, 0.25) is 23.5 Å². The lowest BCUT2D eigenvalue weighted by atomic mass is 10.2. The number of aromatic hydroxyl groups is 1. The number of benzene rings is 2. The van der Waals surface area contributed by atoms with Crippen molar-refractivity contribution >= 4 is 30.3 Å². The normalized spacial score (nSPS) is 13.5. The van der Waals surface area contributed by atoms with Gasteiger partial charge in [0.05, 0.1) is 6.54 Å². The largest absolute Gasteiger partial charge is 0.504 e. The maximum Gasteiger partial charge on any atom is 0.345 e. The number of nitrogens with two attached hydrogens (primary N) is 1. The van der Waals surface area contributed by atoms with Crippen LogP contribution in [0.2, 0.25) is 0 Å². The summed E-state index contributed by atoms with van der Waals surface area (Å²) in [6.45, 7) is 1.34. The maximum absolute atomic E-state index is 15.5. The van der Waals surface area contributed by atoms with Gasteiger partial charge in [-0.25, -0.2) is 4.79 Å². The number of carboxylic acid groups (broad SMARTS) is 1. The van der Waals surface area contributed by atoms with Crippen molar-refractivity contribution in [2.75, 3.05) is 25.9 Å². The highest BCUT2D eigenvalue weighted by molar-refractivity contribution is 7.80. The summed E-state index contributed by atoms with van der Waals surface area (Å²) in [6, 6.07) is 10.1. The Morgan fingerprint density at radius 3 is 2.54 bits per heavy atom. The Hall–Kier alpha value is -4.59. The van der Waals surface area contributed by atoms with Crippen LogP contribution in [0.4, 0.5) is 8.78 Å². The number of nitrogen functional groups attached to an aromatic ring is 1. The molecule has 0 amide bonds. The van der Waals surface area contributed by atoms with Crippen LogP contribution in [0.5, 0.6) is 34.8 Å². The van der Waals surface area contributed by atoms with Crippen LogP contribution in [0.15, 0.2) is 47.5 Å². The van der Waals surface area contributed by atoms with Crippen molar-refractivity contribution in [1.82, 2.24) is 9.88 Å². The van der Waals surface area contributed by atoms with Gasteiger partial charge in [-0.15, -0.1) is 0 Å². The van der Waals surface area contributed by atoms with Gasteiger partial charge in [-0.3, -0.25) is 10.4 Å². The summed E-state index contributed by atoms with van der Waals surface area (Å²) in [6.07, 6.45) is -1.73. The number of amidine groups is 2. The quantitative estimate of drug-likeness (QED) is 0.142. The molecule has 5 N–H and O–H groups in total. The molecule has 0 fully saturated rings. The van der Waals surface area contributed by atoms with E-state index in [1.54, 1.807) is 18.2 Å². The van der Waals surface area contributed by atoms with E-state index in [1.807, 2.05) is 11.9 Å². The Morgan fingerprint density at radius 2 is 1.92 bits per heavy atom. The van der Waals surface area contributed by atoms with Crippen molar-refractivity contribution in [2.45, 2.75) is 6.10 Å². The molecule has 204 valence electrons. The molecule has 11 nitrogen and oxygen atoms in total. The molecular weight excluding hydrogens is 536 g/mol. The molecule has 0 saturated carbocycles. The number of halogens is 2. The smallest absolute Gasteiger partial charge is 0.345 e. The van der Waals surface area contributed by atoms with Gasteiger partial charge in [-0.2, -0.15) is 26.4 Å². The van der Waals surface area contributed by atoms with Gasteiger partial charge in [-0.1, -0.05) is 12.1 Å². The number of aliphatic imine (C=N–C) groups is 1. The first-order valence-electron chi connectivity index (χ1n) is 11.4. The summed E-state index contributed by atoms with van der Waals surface area (Å²) < 4.78 is 47.0. The average molecular weight is 560 g/mol. The zero-order valence-electron chi connectivity index (χ0n) is 20.4. The molecule has 2 aromatic carbocycles. The average Bonchev–Trinajstić information content (AvgIpc) is 3.33. The van der Waals surface area contributed by atoms with Crippen molar-refractivity contribution in [3.05, 3.63) is 65.2 Å². The van der Waals surface area contributed by atoms with Gasteiger partial charge in [0, 0.05) is 30.5 Å². The van der Waals surface area contributed by atoms with Crippen molar-refractivity contribution in [3.63, 3.8) is 0 Å². The summed E-state index contributed by atoms with van der Waals surface area (Å²) in [5, 5.41) is 27.1. The molecule has 39 heavy (non-hydrogen) atoms. The first-order chi connectivity index (χ1) is 18.6. The number of hydrogen-bond donors (Lipinski definition) is 5. The Kier molecular flexibility index (Phi) is 8.04. The van der Waals surface area contributed by atoms with Crippen LogP contribution in [0, 0.1) is 17.0 Å². The van der Waals surface area contributed by atoms with E-state index in [9.17, 15) is 15.0 Å². The SMILES string of the molecule is CN1CCN=C1c1cccc(Oc2nc(Oc3cc(C(=N)N)ccc3O)c(F)c(OC(CS)C(=O)O)c2F)c1. The van der Waals surface area contributed by atoms with E-state index in [4.69, 9.17) is 25.4 Å². The second-order valence-corrected chi connectivity index (χ2v) is 8.63. The number of carboxylic acids is 1. The number of aromatic nitrogens is 1. The standard InChI is InChI=1S/C25H23F2N5O6S/c1-32-8-7-30-22(32)13-3-2-4-14(9-13)36-23-18(26)20(37-17(11-39)25(34)35)19(27)24(31-23)38-16-10-12(21(28)29)5-6-15(16)33/h2-6,9-10,17,33,39H,7-8,11H2,1H3,(H3,28,29)(H,34,35). The molecule has 14 heteroatoms. The fourth-order valence-corrected chi connectivity index (χ4v) is 3.78. The minimum atomic E-state index is -1.73. The fourth-order valence-electron chi connectivity index (χ4n) is 3.55. The van der Waals surface area contributed by atoms with Crippen molar-refractivity contribution in [1.29, 1.82) is 5.41 Å². The number of nitrogens with one attached hydrogen (secondary N) is 1. The second kappa shape index (κ2) is 11.4. The van der Waals surface area contributed by atoms with Crippen molar-refractivity contribution in [3.8, 4) is 34.8 Å². The number of phenols is 1. The molecule has 1 aromatic heterocycles. The Labute approximate surface area is 226 Å². The summed E-state index contributed by atoms with van der Waals surface area (Å²) in [5.41, 5.74) is 6.28. The second-order valence-electron chi connectivity index (χ2n) is 8.26. The van der Waals surface area contributed by atoms with E-state index in [2.05, 4.69) is 22.6 Å². The number of nitrogens with zero attached hydrogens (tertiary/aromatic N) is 3. The zero-order chi connectivity index (χ0) is 28.3. The molecule has 3 aromatic rings. The van der Waals surface area contributed by atoms with Crippen molar-refractivity contribution < 1.29 is 38.0 Å². The predicted molar refractivity (Wildman–Crippen MR) is 140 cm³/mol. The third-order valence-electron chi connectivity index (χ3n) is 5.52. The molecule has 0 bridgehead atoms. The number of thiol groups is 1. The lowest BCUT2D eigenvalue weighted by Gasteiger charge is -2.18. The Balaban J connectivity index is 1.78. The number of ether oxygens (including phenoxy) is 3. The van der Waals surface area contributed by atoms with Crippen LogP contribution < -0.4 is 19.9 Å². The molecule has 0 spiro atoms. The van der Waals surface area contributed by atoms with Crippen LogP contribution in [0.3, 0.4) is 0 Å². The van der Waals surface area contributed by atoms with E-state index >= 15 is 8.78 Å². The first kappa shape index (κ1) is 27.4. The highest BCUT2D eigenvalue weighted by Crippen LogP contribution is 2.40. The van der Waals surface area contributed by atoms with Gasteiger partial charge in [0.25, 0.3) is 11.8 Å². The lowest BCUT2D eigenvalue weighted by Crippen LogP contribution is -2.29. The number of rotatable bonds is 10. The van der Waals surface area contributed by atoms with Crippen LogP contribution in [-0.2, 0) is 4.79 Å². The third kappa shape index (κ3) is 5.95. The molecule has 0 radical (unpaired) electrons. The highest BCUT2D eigenvalue weighted by atomic mass is 32.1. The van der Waals surface area contributed by atoms with Gasteiger partial charge >= 0.3 is 5.97 Å². The van der Waals surface area contributed by atoms with Gasteiger partial charge < -0.3 is 35.1 Å². The minimum Gasteiger partial charge on any atom is -0.504 e. The molecule has 4 rings (SSSR count). The number of aliphatic carboxylic acids is 1. The molecule has 0 saturated heterocycles. The molecule has 0 aliphatic carbocycles. The molecular formula is C25H23F2N5O6S. The van der Waals surface area contributed by atoms with E-state index in [1.165, 1.54) is 12.1 Å². The zero-order valence-corrected chi connectivity index (χ0v) is 21.3. The number of carbonyl (C=O) groups is 1. The number of phenolic OH excluding ortho intramolecular Hbond substituents is 1. The van der Waals surface area contributed by atoms with Gasteiger partial charge in [0.15, 0.2) is 11.5 Å². The van der Waals surface area contributed by atoms with Gasteiger partial charge in [-0.05, 0) is 30.3 Å². The summed E-state index contributed by atoms with van der Waals surface area (Å²) in [4.78, 5) is 21.6. The molecule has 1 atom stereocenters. The summed E-state index contributed by atoms with van der Waals surface area (Å²) in [5.74, 6) is -8.13. The minimum absolute atomic E-state index is 0.107. The van der Waals surface area contributed by atoms with Gasteiger partial charge in [0.1, 0.15) is 17.4 Å². The van der Waals surface area contributed by atoms with E-state index in [0.717, 1.165) is 18.7 Å². The van der Waals surface area contributed by atoms with E-state index in [-0.39, 0.29) is 22.9 Å². The monoisotopic (exact) mass is 559 g/mol. The molecule has 1 unspecified atom stereocenters. The van der Waals surface area contributed by atoms with Crippen molar-refractivity contribution in [2.24, 2.45) is 10.7 Å². The Bertz CT molecular complexity index is 1470. The van der Waals surface area contributed by atoms with Crippen LogP contribution >= 0.6 is 12.6 Å². The molecule has 1 aliphatic rings. The lowest BCUT2D eigenvalue weighted by molar-refractivity contribution is -0.144. The number of pyridine rings is 1. The van der Waals surface area contributed by atoms with Crippen LogP contribution in [-0.4, -0.2) is 69.7 Å². The number of likely N-dealkylation sites (N-methyl/N-ethyl adjacent to an activating group) is 1. The van der Waals surface area contributed by atoms with Crippen LogP contribution in [0.1, 0.15) is 11.1 Å². The fraction of sp³-hybridized carbons (Fsp3) is 0.200.